The highest BCUT2D eigenvalue weighted by molar-refractivity contribution is 7.89. The SMILES string of the molecule is CCc1ccc(S(N)(=O)=O)cc1C(=O)N1CCC(C)C1. The molecule has 0 aromatic heterocycles. The molecule has 1 unspecified atom stereocenters. The van der Waals surface area contributed by atoms with E-state index in [0.717, 1.165) is 25.1 Å². The topological polar surface area (TPSA) is 80.5 Å². The van der Waals surface area contributed by atoms with E-state index in [4.69, 9.17) is 5.14 Å². The summed E-state index contributed by atoms with van der Waals surface area (Å²) in [7, 11) is -3.79. The molecule has 110 valence electrons. The molecule has 1 atom stereocenters. The van der Waals surface area contributed by atoms with Gasteiger partial charge in [0.25, 0.3) is 5.91 Å². The first kappa shape index (κ1) is 15.0. The predicted octanol–water partition coefficient (Wildman–Crippen LogP) is 1.38. The first-order valence-electron chi connectivity index (χ1n) is 6.78. The monoisotopic (exact) mass is 296 g/mol. The molecule has 1 aromatic rings. The van der Waals surface area contributed by atoms with Crippen LogP contribution in [0.4, 0.5) is 0 Å². The Kier molecular flexibility index (Phi) is 4.15. The smallest absolute Gasteiger partial charge is 0.254 e. The van der Waals surface area contributed by atoms with Crippen molar-refractivity contribution >= 4 is 15.9 Å². The van der Waals surface area contributed by atoms with Crippen molar-refractivity contribution in [2.75, 3.05) is 13.1 Å². The normalized spacial score (nSPS) is 19.4. The van der Waals surface area contributed by atoms with Crippen LogP contribution in [-0.2, 0) is 16.4 Å². The molecule has 5 nitrogen and oxygen atoms in total. The van der Waals surface area contributed by atoms with Crippen molar-refractivity contribution in [2.45, 2.75) is 31.6 Å². The lowest BCUT2D eigenvalue weighted by Gasteiger charge is -2.18. The van der Waals surface area contributed by atoms with E-state index in [1.807, 2.05) is 6.92 Å². The predicted molar refractivity (Wildman–Crippen MR) is 76.9 cm³/mol. The molecule has 2 rings (SSSR count). The highest BCUT2D eigenvalue weighted by Crippen LogP contribution is 2.22. The molecule has 0 bridgehead atoms. The number of sulfonamides is 1. The van der Waals surface area contributed by atoms with Crippen LogP contribution in [0.3, 0.4) is 0 Å². The van der Waals surface area contributed by atoms with E-state index in [1.165, 1.54) is 12.1 Å². The van der Waals surface area contributed by atoms with Gasteiger partial charge in [0.1, 0.15) is 0 Å². The van der Waals surface area contributed by atoms with Gasteiger partial charge in [-0.15, -0.1) is 0 Å². The molecular weight excluding hydrogens is 276 g/mol. The molecule has 1 aliphatic heterocycles. The summed E-state index contributed by atoms with van der Waals surface area (Å²) in [5.74, 6) is 0.391. The third-order valence-corrected chi connectivity index (χ3v) is 4.64. The first-order valence-corrected chi connectivity index (χ1v) is 8.32. The summed E-state index contributed by atoms with van der Waals surface area (Å²) in [5, 5.41) is 5.14. The number of likely N-dealkylation sites (tertiary alicyclic amines) is 1. The molecule has 2 N–H and O–H groups in total. The Bertz CT molecular complexity index is 625. The molecule has 20 heavy (non-hydrogen) atoms. The molecule has 1 amide bonds. The van der Waals surface area contributed by atoms with Crippen LogP contribution in [0.5, 0.6) is 0 Å². The van der Waals surface area contributed by atoms with Crippen molar-refractivity contribution in [3.05, 3.63) is 29.3 Å². The van der Waals surface area contributed by atoms with Crippen molar-refractivity contribution in [1.82, 2.24) is 4.90 Å². The summed E-state index contributed by atoms with van der Waals surface area (Å²) in [6.45, 7) is 5.49. The third-order valence-electron chi connectivity index (χ3n) is 3.73. The molecular formula is C14H20N2O3S. The zero-order valence-electron chi connectivity index (χ0n) is 11.8. The molecule has 1 aromatic carbocycles. The lowest BCUT2D eigenvalue weighted by molar-refractivity contribution is 0.0787. The zero-order chi connectivity index (χ0) is 14.9. The lowest BCUT2D eigenvalue weighted by Crippen LogP contribution is -2.29. The minimum absolute atomic E-state index is 0.00899. The van der Waals surface area contributed by atoms with Gasteiger partial charge in [0.05, 0.1) is 4.90 Å². The fraction of sp³-hybridized carbons (Fsp3) is 0.500. The number of nitrogens with two attached hydrogens (primary N) is 1. The second kappa shape index (κ2) is 5.54. The second-order valence-corrected chi connectivity index (χ2v) is 6.92. The number of nitrogens with zero attached hydrogens (tertiary/aromatic N) is 1. The van der Waals surface area contributed by atoms with Crippen LogP contribution in [0.15, 0.2) is 23.1 Å². The molecule has 0 aliphatic carbocycles. The average Bonchev–Trinajstić information content (AvgIpc) is 2.82. The molecule has 1 fully saturated rings. The quantitative estimate of drug-likeness (QED) is 0.915. The van der Waals surface area contributed by atoms with Crippen molar-refractivity contribution < 1.29 is 13.2 Å². The van der Waals surface area contributed by atoms with Gasteiger partial charge < -0.3 is 4.90 Å². The summed E-state index contributed by atoms with van der Waals surface area (Å²) in [5.41, 5.74) is 1.30. The average molecular weight is 296 g/mol. The molecule has 0 spiro atoms. The van der Waals surface area contributed by atoms with Gasteiger partial charge in [-0.25, -0.2) is 13.6 Å². The van der Waals surface area contributed by atoms with E-state index in [0.29, 0.717) is 17.9 Å². The van der Waals surface area contributed by atoms with Crippen LogP contribution in [0, 0.1) is 5.92 Å². The Morgan fingerprint density at radius 1 is 1.45 bits per heavy atom. The van der Waals surface area contributed by atoms with Crippen LogP contribution in [-0.4, -0.2) is 32.3 Å². The van der Waals surface area contributed by atoms with Crippen LogP contribution in [0.2, 0.25) is 0 Å². The van der Waals surface area contributed by atoms with Gasteiger partial charge in [0, 0.05) is 18.7 Å². The molecule has 1 saturated heterocycles. The second-order valence-electron chi connectivity index (χ2n) is 5.36. The van der Waals surface area contributed by atoms with Crippen molar-refractivity contribution in [1.29, 1.82) is 0 Å². The summed E-state index contributed by atoms with van der Waals surface area (Å²) < 4.78 is 22.9. The molecule has 0 radical (unpaired) electrons. The number of rotatable bonds is 3. The van der Waals surface area contributed by atoms with E-state index in [-0.39, 0.29) is 10.8 Å². The maximum atomic E-state index is 12.5. The highest BCUT2D eigenvalue weighted by atomic mass is 32.2. The van der Waals surface area contributed by atoms with Gasteiger partial charge in [0.15, 0.2) is 0 Å². The summed E-state index contributed by atoms with van der Waals surface area (Å²) >= 11 is 0. The largest absolute Gasteiger partial charge is 0.338 e. The fourth-order valence-corrected chi connectivity index (χ4v) is 3.07. The van der Waals surface area contributed by atoms with Gasteiger partial charge >= 0.3 is 0 Å². The van der Waals surface area contributed by atoms with E-state index in [1.54, 1.807) is 11.0 Å². The summed E-state index contributed by atoms with van der Waals surface area (Å²) in [6.07, 6.45) is 1.66. The number of carbonyl (C=O) groups excluding carboxylic acids is 1. The first-order chi connectivity index (χ1) is 9.32. The van der Waals surface area contributed by atoms with Gasteiger partial charge in [-0.3, -0.25) is 4.79 Å². The highest BCUT2D eigenvalue weighted by Gasteiger charge is 2.26. The number of amides is 1. The van der Waals surface area contributed by atoms with Crippen molar-refractivity contribution in [3.8, 4) is 0 Å². The third kappa shape index (κ3) is 3.02. The Labute approximate surface area is 119 Å². The van der Waals surface area contributed by atoms with E-state index in [2.05, 4.69) is 6.92 Å². The van der Waals surface area contributed by atoms with Gasteiger partial charge in [-0.1, -0.05) is 19.9 Å². The maximum absolute atomic E-state index is 12.5. The van der Waals surface area contributed by atoms with Crippen LogP contribution in [0.1, 0.15) is 36.2 Å². The summed E-state index contributed by atoms with van der Waals surface area (Å²) in [6, 6.07) is 4.53. The van der Waals surface area contributed by atoms with Crippen molar-refractivity contribution in [3.63, 3.8) is 0 Å². The van der Waals surface area contributed by atoms with Gasteiger partial charge in [-0.05, 0) is 36.5 Å². The lowest BCUT2D eigenvalue weighted by atomic mass is 10.0. The van der Waals surface area contributed by atoms with E-state index in [9.17, 15) is 13.2 Å². The molecule has 6 heteroatoms. The Hall–Kier alpha value is -1.40. The Morgan fingerprint density at radius 2 is 2.15 bits per heavy atom. The van der Waals surface area contributed by atoms with Gasteiger partial charge in [-0.2, -0.15) is 0 Å². The minimum atomic E-state index is -3.79. The van der Waals surface area contributed by atoms with E-state index >= 15 is 0 Å². The maximum Gasteiger partial charge on any atom is 0.254 e. The number of aryl methyl sites for hydroxylation is 1. The number of benzene rings is 1. The molecule has 1 heterocycles. The zero-order valence-corrected chi connectivity index (χ0v) is 12.6. The van der Waals surface area contributed by atoms with Crippen LogP contribution >= 0.6 is 0 Å². The summed E-state index contributed by atoms with van der Waals surface area (Å²) in [4.78, 5) is 14.3. The van der Waals surface area contributed by atoms with Crippen LogP contribution < -0.4 is 5.14 Å². The number of hydrogen-bond donors (Lipinski definition) is 1. The number of primary sulfonamides is 1. The Balaban J connectivity index is 2.40. The van der Waals surface area contributed by atoms with Crippen molar-refractivity contribution in [2.24, 2.45) is 11.1 Å². The molecule has 0 saturated carbocycles. The van der Waals surface area contributed by atoms with Gasteiger partial charge in [0.2, 0.25) is 10.0 Å². The standard InChI is InChI=1S/C14H20N2O3S/c1-3-11-4-5-12(20(15,18)19)8-13(11)14(17)16-7-6-10(2)9-16/h4-5,8,10H,3,6-7,9H2,1-2H3,(H2,15,18,19). The van der Waals surface area contributed by atoms with E-state index < -0.39 is 10.0 Å². The number of carbonyl (C=O) groups is 1. The Morgan fingerprint density at radius 3 is 2.65 bits per heavy atom. The minimum Gasteiger partial charge on any atom is -0.338 e. The fourth-order valence-electron chi connectivity index (χ4n) is 2.53. The number of hydrogen-bond acceptors (Lipinski definition) is 3. The van der Waals surface area contributed by atoms with Crippen LogP contribution in [0.25, 0.3) is 0 Å². The molecule has 1 aliphatic rings.